The van der Waals surface area contributed by atoms with Gasteiger partial charge in [-0.1, -0.05) is 6.07 Å². The topological polar surface area (TPSA) is 88.6 Å². The molecule has 1 amide bonds. The summed E-state index contributed by atoms with van der Waals surface area (Å²) in [5, 5.41) is 2.76. The first-order valence-corrected chi connectivity index (χ1v) is 10.1. The van der Waals surface area contributed by atoms with E-state index in [9.17, 15) is 13.2 Å². The van der Waals surface area contributed by atoms with E-state index in [4.69, 9.17) is 4.74 Å². The molecule has 0 unspecified atom stereocenters. The number of aromatic nitrogens is 1. The number of aryl methyl sites for hydroxylation is 1. The van der Waals surface area contributed by atoms with Gasteiger partial charge in [-0.3, -0.25) is 4.79 Å². The molecule has 0 radical (unpaired) electrons. The van der Waals surface area contributed by atoms with E-state index in [-0.39, 0.29) is 10.8 Å². The summed E-state index contributed by atoms with van der Waals surface area (Å²) in [5.41, 5.74) is 1.66. The number of nitrogens with zero attached hydrogens (tertiary/aromatic N) is 2. The zero-order valence-corrected chi connectivity index (χ0v) is 15.5. The van der Waals surface area contributed by atoms with Gasteiger partial charge in [0.2, 0.25) is 0 Å². The van der Waals surface area contributed by atoms with Crippen molar-refractivity contribution in [2.75, 3.05) is 42.8 Å². The summed E-state index contributed by atoms with van der Waals surface area (Å²) in [6.07, 6.45) is 2.66. The van der Waals surface area contributed by atoms with Crippen molar-refractivity contribution in [2.45, 2.75) is 11.8 Å². The predicted molar refractivity (Wildman–Crippen MR) is 99.5 cm³/mol. The third-order valence-electron chi connectivity index (χ3n) is 4.23. The van der Waals surface area contributed by atoms with Gasteiger partial charge in [-0.05, 0) is 36.8 Å². The first-order valence-electron chi connectivity index (χ1n) is 8.25. The predicted octanol–water partition coefficient (Wildman–Crippen LogP) is 1.88. The van der Waals surface area contributed by atoms with Crippen molar-refractivity contribution < 1.29 is 17.9 Å². The van der Waals surface area contributed by atoms with Crippen molar-refractivity contribution in [1.82, 2.24) is 4.98 Å². The highest BCUT2D eigenvalue weighted by Crippen LogP contribution is 2.21. The average molecular weight is 375 g/mol. The number of carbonyl (C=O) groups is 1. The molecule has 1 aliphatic heterocycles. The maximum atomic E-state index is 12.5. The lowest BCUT2D eigenvalue weighted by molar-refractivity contribution is 0.102. The molecule has 1 N–H and O–H groups in total. The van der Waals surface area contributed by atoms with Gasteiger partial charge in [-0.15, -0.1) is 0 Å². The Balaban J connectivity index is 1.76. The number of morpholine rings is 1. The van der Waals surface area contributed by atoms with E-state index in [0.29, 0.717) is 24.5 Å². The quantitative estimate of drug-likeness (QED) is 0.878. The minimum absolute atomic E-state index is 0.166. The summed E-state index contributed by atoms with van der Waals surface area (Å²) in [7, 11) is -3.34. The Hall–Kier alpha value is -2.45. The molecule has 1 aromatic heterocycles. The highest BCUT2D eigenvalue weighted by atomic mass is 32.2. The van der Waals surface area contributed by atoms with Crippen molar-refractivity contribution >= 4 is 27.2 Å². The maximum Gasteiger partial charge on any atom is 0.257 e. The van der Waals surface area contributed by atoms with Gasteiger partial charge >= 0.3 is 0 Å². The molecular formula is C18H21N3O4S. The fourth-order valence-corrected chi connectivity index (χ4v) is 3.31. The van der Waals surface area contributed by atoms with Gasteiger partial charge in [0.05, 0.1) is 23.7 Å². The lowest BCUT2D eigenvalue weighted by Crippen LogP contribution is -2.36. The second kappa shape index (κ2) is 7.43. The van der Waals surface area contributed by atoms with Crippen LogP contribution in [0.2, 0.25) is 0 Å². The van der Waals surface area contributed by atoms with Gasteiger partial charge in [0, 0.05) is 31.2 Å². The van der Waals surface area contributed by atoms with Gasteiger partial charge < -0.3 is 15.0 Å². The largest absolute Gasteiger partial charge is 0.378 e. The van der Waals surface area contributed by atoms with E-state index < -0.39 is 9.84 Å². The Morgan fingerprint density at radius 2 is 1.92 bits per heavy atom. The van der Waals surface area contributed by atoms with E-state index >= 15 is 0 Å². The molecule has 0 atom stereocenters. The standard InChI is InChI=1S/C18H21N3O4S/c1-13-3-5-15(26(2,23)24)11-16(13)20-18(22)14-4-6-17(19-12-14)21-7-9-25-10-8-21/h3-6,11-12H,7-10H2,1-2H3,(H,20,22). The van der Waals surface area contributed by atoms with E-state index in [2.05, 4.69) is 15.2 Å². The Morgan fingerprint density at radius 3 is 2.54 bits per heavy atom. The number of pyridine rings is 1. The SMILES string of the molecule is Cc1ccc(S(C)(=O)=O)cc1NC(=O)c1ccc(N2CCOCC2)nc1. The summed E-state index contributed by atoms with van der Waals surface area (Å²) >= 11 is 0. The minimum atomic E-state index is -3.34. The molecule has 1 fully saturated rings. The number of benzene rings is 1. The fraction of sp³-hybridized carbons (Fsp3) is 0.333. The minimum Gasteiger partial charge on any atom is -0.378 e. The van der Waals surface area contributed by atoms with Crippen LogP contribution in [0.3, 0.4) is 0 Å². The number of sulfone groups is 1. The molecule has 0 aliphatic carbocycles. The molecule has 7 nitrogen and oxygen atoms in total. The number of anilines is 2. The van der Waals surface area contributed by atoms with Crippen molar-refractivity contribution in [3.05, 3.63) is 47.7 Å². The number of ether oxygens (including phenoxy) is 1. The number of rotatable bonds is 4. The number of hydrogen-bond donors (Lipinski definition) is 1. The first-order chi connectivity index (χ1) is 12.3. The van der Waals surface area contributed by atoms with Crippen molar-refractivity contribution in [3.63, 3.8) is 0 Å². The number of nitrogens with one attached hydrogen (secondary N) is 1. The Labute approximate surface area is 152 Å². The van der Waals surface area contributed by atoms with E-state index in [1.165, 1.54) is 18.3 Å². The monoisotopic (exact) mass is 375 g/mol. The van der Waals surface area contributed by atoms with Crippen LogP contribution in [-0.2, 0) is 14.6 Å². The molecule has 1 aromatic carbocycles. The number of carbonyl (C=O) groups excluding carboxylic acids is 1. The van der Waals surface area contributed by atoms with Crippen LogP contribution >= 0.6 is 0 Å². The third-order valence-corrected chi connectivity index (χ3v) is 5.34. The first kappa shape index (κ1) is 18.3. The van der Waals surface area contributed by atoms with Crippen LogP contribution in [0.4, 0.5) is 11.5 Å². The number of hydrogen-bond acceptors (Lipinski definition) is 6. The zero-order valence-electron chi connectivity index (χ0n) is 14.7. The van der Waals surface area contributed by atoms with E-state index in [1.54, 1.807) is 25.1 Å². The summed E-state index contributed by atoms with van der Waals surface area (Å²) in [4.78, 5) is 19.1. The highest BCUT2D eigenvalue weighted by Gasteiger charge is 2.15. The molecule has 0 bridgehead atoms. The van der Waals surface area contributed by atoms with Crippen LogP contribution in [0.5, 0.6) is 0 Å². The normalized spacial score (nSPS) is 14.9. The van der Waals surface area contributed by atoms with Crippen LogP contribution in [-0.4, -0.2) is 51.9 Å². The number of amides is 1. The van der Waals surface area contributed by atoms with Crippen molar-refractivity contribution in [2.24, 2.45) is 0 Å². The fourth-order valence-electron chi connectivity index (χ4n) is 2.66. The van der Waals surface area contributed by atoms with Gasteiger partial charge in [0.15, 0.2) is 9.84 Å². The van der Waals surface area contributed by atoms with Crippen LogP contribution in [0, 0.1) is 6.92 Å². The molecule has 26 heavy (non-hydrogen) atoms. The average Bonchev–Trinajstić information content (AvgIpc) is 2.63. The summed E-state index contributed by atoms with van der Waals surface area (Å²) < 4.78 is 28.7. The van der Waals surface area contributed by atoms with Crippen LogP contribution in [0.15, 0.2) is 41.4 Å². The molecule has 1 saturated heterocycles. The van der Waals surface area contributed by atoms with Gasteiger partial charge in [-0.25, -0.2) is 13.4 Å². The Bertz CT molecular complexity index is 905. The smallest absolute Gasteiger partial charge is 0.257 e. The molecule has 2 heterocycles. The van der Waals surface area contributed by atoms with Crippen molar-refractivity contribution in [3.8, 4) is 0 Å². The molecule has 0 saturated carbocycles. The van der Waals surface area contributed by atoms with Gasteiger partial charge in [-0.2, -0.15) is 0 Å². The highest BCUT2D eigenvalue weighted by molar-refractivity contribution is 7.90. The summed E-state index contributed by atoms with van der Waals surface area (Å²) in [5.74, 6) is 0.472. The summed E-state index contributed by atoms with van der Waals surface area (Å²) in [6.45, 7) is 4.69. The van der Waals surface area contributed by atoms with Crippen LogP contribution in [0.1, 0.15) is 15.9 Å². The molecule has 0 spiro atoms. The molecular weight excluding hydrogens is 354 g/mol. The molecule has 8 heteroatoms. The molecule has 138 valence electrons. The molecule has 2 aromatic rings. The zero-order chi connectivity index (χ0) is 18.7. The Morgan fingerprint density at radius 1 is 1.19 bits per heavy atom. The lowest BCUT2D eigenvalue weighted by atomic mass is 10.2. The lowest BCUT2D eigenvalue weighted by Gasteiger charge is -2.27. The molecule has 1 aliphatic rings. The van der Waals surface area contributed by atoms with Gasteiger partial charge in [0.1, 0.15) is 5.82 Å². The third kappa shape index (κ3) is 4.20. The summed E-state index contributed by atoms with van der Waals surface area (Å²) in [6, 6.07) is 8.19. The van der Waals surface area contributed by atoms with Crippen LogP contribution < -0.4 is 10.2 Å². The van der Waals surface area contributed by atoms with Crippen molar-refractivity contribution in [1.29, 1.82) is 0 Å². The second-order valence-electron chi connectivity index (χ2n) is 6.21. The Kier molecular flexibility index (Phi) is 5.24. The van der Waals surface area contributed by atoms with Crippen LogP contribution in [0.25, 0.3) is 0 Å². The van der Waals surface area contributed by atoms with E-state index in [0.717, 1.165) is 30.7 Å². The second-order valence-corrected chi connectivity index (χ2v) is 8.22. The van der Waals surface area contributed by atoms with Gasteiger partial charge in [0.25, 0.3) is 5.91 Å². The molecule has 3 rings (SSSR count). The van der Waals surface area contributed by atoms with E-state index in [1.807, 2.05) is 0 Å². The maximum absolute atomic E-state index is 12.5.